The predicted octanol–water partition coefficient (Wildman–Crippen LogP) is 4.56. The van der Waals surface area contributed by atoms with Crippen LogP contribution in [0.3, 0.4) is 0 Å². The van der Waals surface area contributed by atoms with E-state index in [1.807, 2.05) is 72.8 Å². The highest BCUT2D eigenvalue weighted by Gasteiger charge is 2.09. The molecular weight excluding hydrogens is 390 g/mol. The number of ether oxygens (including phenoxy) is 1. The molecule has 6 heteroatoms. The van der Waals surface area contributed by atoms with Gasteiger partial charge in [0, 0.05) is 31.1 Å². The monoisotopic (exact) mass is 413 g/mol. The number of aromatic nitrogens is 2. The molecule has 2 heterocycles. The van der Waals surface area contributed by atoms with Crippen LogP contribution >= 0.6 is 0 Å². The highest BCUT2D eigenvalue weighted by molar-refractivity contribution is 5.76. The SMILES string of the molecule is O=C(CCc1ncc(-c2ccccc2)o1)NCc1cccc(OCc2ccccn2)c1. The summed E-state index contributed by atoms with van der Waals surface area (Å²) in [5.74, 6) is 1.95. The summed E-state index contributed by atoms with van der Waals surface area (Å²) in [5, 5.41) is 2.93. The zero-order valence-electron chi connectivity index (χ0n) is 17.0. The van der Waals surface area contributed by atoms with E-state index < -0.39 is 0 Å². The van der Waals surface area contributed by atoms with Gasteiger partial charge >= 0.3 is 0 Å². The van der Waals surface area contributed by atoms with Crippen LogP contribution in [0.5, 0.6) is 5.75 Å². The van der Waals surface area contributed by atoms with Crippen LogP contribution < -0.4 is 10.1 Å². The first-order valence-electron chi connectivity index (χ1n) is 10.1. The average Bonchev–Trinajstić information content (AvgIpc) is 3.31. The fraction of sp³-hybridized carbons (Fsp3) is 0.160. The van der Waals surface area contributed by atoms with Crippen molar-refractivity contribution in [2.75, 3.05) is 0 Å². The summed E-state index contributed by atoms with van der Waals surface area (Å²) < 4.78 is 11.5. The number of pyridine rings is 1. The third-order valence-corrected chi connectivity index (χ3v) is 4.68. The fourth-order valence-electron chi connectivity index (χ4n) is 3.06. The van der Waals surface area contributed by atoms with Crippen LogP contribution in [0.2, 0.25) is 0 Å². The Hall–Kier alpha value is -3.93. The number of carbonyl (C=O) groups is 1. The van der Waals surface area contributed by atoms with Crippen LogP contribution in [0, 0.1) is 0 Å². The summed E-state index contributed by atoms with van der Waals surface area (Å²) in [4.78, 5) is 20.8. The molecule has 1 N–H and O–H groups in total. The second kappa shape index (κ2) is 10.2. The summed E-state index contributed by atoms with van der Waals surface area (Å²) in [5.41, 5.74) is 2.80. The number of benzene rings is 2. The molecule has 0 fully saturated rings. The van der Waals surface area contributed by atoms with E-state index in [9.17, 15) is 4.79 Å². The van der Waals surface area contributed by atoms with Gasteiger partial charge in [-0.1, -0.05) is 48.5 Å². The maximum absolute atomic E-state index is 12.2. The Balaban J connectivity index is 1.23. The van der Waals surface area contributed by atoms with Gasteiger partial charge in [-0.2, -0.15) is 0 Å². The molecule has 0 aliphatic carbocycles. The Kier molecular flexibility index (Phi) is 6.70. The summed E-state index contributed by atoms with van der Waals surface area (Å²) >= 11 is 0. The lowest BCUT2D eigenvalue weighted by Crippen LogP contribution is -2.23. The largest absolute Gasteiger partial charge is 0.487 e. The van der Waals surface area contributed by atoms with Crippen molar-refractivity contribution in [3.8, 4) is 17.1 Å². The van der Waals surface area contributed by atoms with Gasteiger partial charge < -0.3 is 14.5 Å². The molecule has 6 nitrogen and oxygen atoms in total. The van der Waals surface area contributed by atoms with E-state index in [4.69, 9.17) is 9.15 Å². The highest BCUT2D eigenvalue weighted by Crippen LogP contribution is 2.20. The highest BCUT2D eigenvalue weighted by atomic mass is 16.5. The summed E-state index contributed by atoms with van der Waals surface area (Å²) in [6, 6.07) is 23.2. The van der Waals surface area contributed by atoms with Gasteiger partial charge in [0.05, 0.1) is 11.9 Å². The van der Waals surface area contributed by atoms with Crippen molar-refractivity contribution in [1.82, 2.24) is 15.3 Å². The van der Waals surface area contributed by atoms with Crippen molar-refractivity contribution in [2.45, 2.75) is 26.0 Å². The average molecular weight is 413 g/mol. The molecule has 0 spiro atoms. The quantitative estimate of drug-likeness (QED) is 0.435. The molecule has 0 bridgehead atoms. The number of nitrogens with zero attached hydrogens (tertiary/aromatic N) is 2. The van der Waals surface area contributed by atoms with E-state index in [2.05, 4.69) is 15.3 Å². The standard InChI is InChI=1S/C25H23N3O3/c29-24(12-13-25-28-17-23(31-25)20-8-2-1-3-9-20)27-16-19-7-6-11-22(15-19)30-18-21-10-4-5-14-26-21/h1-11,14-15,17H,12-13,16,18H2,(H,27,29). The lowest BCUT2D eigenvalue weighted by Gasteiger charge is -2.09. The molecule has 1 amide bonds. The first-order valence-corrected chi connectivity index (χ1v) is 10.1. The Morgan fingerprint density at radius 1 is 0.968 bits per heavy atom. The number of aryl methyl sites for hydroxylation is 1. The number of nitrogens with one attached hydrogen (secondary N) is 1. The van der Waals surface area contributed by atoms with Gasteiger partial charge in [0.15, 0.2) is 11.7 Å². The van der Waals surface area contributed by atoms with Crippen LogP contribution in [0.4, 0.5) is 0 Å². The molecule has 4 rings (SSSR count). The van der Waals surface area contributed by atoms with Crippen molar-refractivity contribution in [2.24, 2.45) is 0 Å². The van der Waals surface area contributed by atoms with E-state index in [-0.39, 0.29) is 5.91 Å². The Morgan fingerprint density at radius 2 is 1.84 bits per heavy atom. The fourth-order valence-corrected chi connectivity index (χ4v) is 3.06. The number of rotatable bonds is 9. The van der Waals surface area contributed by atoms with E-state index in [0.29, 0.717) is 37.6 Å². The van der Waals surface area contributed by atoms with Crippen LogP contribution in [0.15, 0.2) is 89.6 Å². The number of oxazole rings is 1. The zero-order valence-corrected chi connectivity index (χ0v) is 17.0. The van der Waals surface area contributed by atoms with Crippen molar-refractivity contribution in [3.63, 3.8) is 0 Å². The number of hydrogen-bond donors (Lipinski definition) is 1. The molecule has 0 atom stereocenters. The molecule has 2 aromatic carbocycles. The van der Waals surface area contributed by atoms with Crippen molar-refractivity contribution in [1.29, 1.82) is 0 Å². The molecule has 0 aliphatic rings. The van der Waals surface area contributed by atoms with Crippen molar-refractivity contribution in [3.05, 3.63) is 102 Å². The second-order valence-corrected chi connectivity index (χ2v) is 7.02. The van der Waals surface area contributed by atoms with Crippen LogP contribution in [0.25, 0.3) is 11.3 Å². The number of carbonyl (C=O) groups excluding carboxylic acids is 1. The van der Waals surface area contributed by atoms with Crippen LogP contribution in [-0.2, 0) is 24.4 Å². The Bertz CT molecular complexity index is 1110. The number of hydrogen-bond acceptors (Lipinski definition) is 5. The van der Waals surface area contributed by atoms with Gasteiger partial charge in [0.1, 0.15) is 12.4 Å². The third kappa shape index (κ3) is 6.02. The molecule has 0 aliphatic heterocycles. The Labute approximate surface area is 180 Å². The second-order valence-electron chi connectivity index (χ2n) is 7.02. The topological polar surface area (TPSA) is 77.2 Å². The molecule has 2 aromatic heterocycles. The van der Waals surface area contributed by atoms with E-state index in [1.165, 1.54) is 0 Å². The van der Waals surface area contributed by atoms with Crippen molar-refractivity contribution >= 4 is 5.91 Å². The van der Waals surface area contributed by atoms with E-state index in [1.54, 1.807) is 12.4 Å². The first-order chi connectivity index (χ1) is 15.3. The molecule has 31 heavy (non-hydrogen) atoms. The summed E-state index contributed by atoms with van der Waals surface area (Å²) in [6.45, 7) is 0.832. The van der Waals surface area contributed by atoms with Gasteiger partial charge in [-0.05, 0) is 29.8 Å². The van der Waals surface area contributed by atoms with E-state index in [0.717, 1.165) is 22.6 Å². The third-order valence-electron chi connectivity index (χ3n) is 4.68. The van der Waals surface area contributed by atoms with Crippen molar-refractivity contribution < 1.29 is 13.9 Å². The normalized spacial score (nSPS) is 10.6. The van der Waals surface area contributed by atoms with Crippen LogP contribution in [-0.4, -0.2) is 15.9 Å². The predicted molar refractivity (Wildman–Crippen MR) is 117 cm³/mol. The van der Waals surface area contributed by atoms with Gasteiger partial charge in [-0.3, -0.25) is 9.78 Å². The molecule has 0 unspecified atom stereocenters. The molecule has 0 saturated heterocycles. The van der Waals surface area contributed by atoms with Gasteiger partial charge in [-0.15, -0.1) is 0 Å². The summed E-state index contributed by atoms with van der Waals surface area (Å²) in [7, 11) is 0. The van der Waals surface area contributed by atoms with Gasteiger partial charge in [-0.25, -0.2) is 4.98 Å². The van der Waals surface area contributed by atoms with E-state index >= 15 is 0 Å². The smallest absolute Gasteiger partial charge is 0.220 e. The maximum Gasteiger partial charge on any atom is 0.220 e. The molecule has 156 valence electrons. The first kappa shape index (κ1) is 20.3. The lowest BCUT2D eigenvalue weighted by molar-refractivity contribution is -0.121. The minimum Gasteiger partial charge on any atom is -0.487 e. The molecule has 4 aromatic rings. The van der Waals surface area contributed by atoms with Gasteiger partial charge in [0.25, 0.3) is 0 Å². The molecule has 0 saturated carbocycles. The lowest BCUT2D eigenvalue weighted by atomic mass is 10.2. The maximum atomic E-state index is 12.2. The zero-order chi connectivity index (χ0) is 21.3. The van der Waals surface area contributed by atoms with Gasteiger partial charge in [0.2, 0.25) is 5.91 Å². The summed E-state index contributed by atoms with van der Waals surface area (Å²) in [6.07, 6.45) is 4.20. The molecular formula is C25H23N3O3. The number of amides is 1. The Morgan fingerprint density at radius 3 is 2.68 bits per heavy atom. The minimum absolute atomic E-state index is 0.0562. The minimum atomic E-state index is -0.0562. The molecule has 0 radical (unpaired) electrons. The van der Waals surface area contributed by atoms with Crippen LogP contribution in [0.1, 0.15) is 23.6 Å².